The molecule has 0 radical (unpaired) electrons. The Balaban J connectivity index is 2.27. The van der Waals surface area contributed by atoms with E-state index in [0.29, 0.717) is 11.7 Å². The van der Waals surface area contributed by atoms with Crippen LogP contribution >= 0.6 is 11.6 Å². The average molecular weight is 256 g/mol. The van der Waals surface area contributed by atoms with Crippen molar-refractivity contribution < 1.29 is 0 Å². The summed E-state index contributed by atoms with van der Waals surface area (Å²) in [7, 11) is 0. The molecule has 94 valence electrons. The second-order valence-electron chi connectivity index (χ2n) is 4.97. The predicted octanol–water partition coefficient (Wildman–Crippen LogP) is 2.40. The minimum Gasteiger partial charge on any atom is -0.359 e. The van der Waals surface area contributed by atoms with E-state index < -0.39 is 0 Å². The normalized spacial score (nSPS) is 17.9. The summed E-state index contributed by atoms with van der Waals surface area (Å²) in [4.78, 5) is 16.3. The van der Waals surface area contributed by atoms with Crippen molar-refractivity contribution in [2.45, 2.75) is 44.7 Å². The largest absolute Gasteiger partial charge is 0.359 e. The third-order valence-corrected chi connectivity index (χ3v) is 3.89. The predicted molar refractivity (Wildman–Crippen MR) is 69.8 cm³/mol. The molecule has 2 rings (SSSR count). The van der Waals surface area contributed by atoms with Gasteiger partial charge in [-0.2, -0.15) is 0 Å². The highest BCUT2D eigenvalue weighted by molar-refractivity contribution is 6.18. The zero-order valence-electron chi connectivity index (χ0n) is 10.2. The number of anilines is 1. The van der Waals surface area contributed by atoms with Crippen molar-refractivity contribution in [3.05, 3.63) is 22.7 Å². The summed E-state index contributed by atoms with van der Waals surface area (Å²) in [5.74, 6) is 0.937. The van der Waals surface area contributed by atoms with Gasteiger partial charge < -0.3 is 9.88 Å². The van der Waals surface area contributed by atoms with E-state index in [2.05, 4.69) is 10.3 Å². The molecule has 0 atom stereocenters. The first-order valence-electron chi connectivity index (χ1n) is 5.99. The topological polar surface area (TPSA) is 46.9 Å². The second kappa shape index (κ2) is 4.69. The number of aromatic nitrogens is 2. The summed E-state index contributed by atoms with van der Waals surface area (Å²) < 4.78 is 1.68. The summed E-state index contributed by atoms with van der Waals surface area (Å²) in [5.41, 5.74) is -0.192. The van der Waals surface area contributed by atoms with Gasteiger partial charge in [0.1, 0.15) is 0 Å². The van der Waals surface area contributed by atoms with Gasteiger partial charge in [-0.1, -0.05) is 0 Å². The molecule has 0 amide bonds. The fraction of sp³-hybridized carbons (Fsp3) is 0.667. The zero-order valence-corrected chi connectivity index (χ0v) is 11.0. The lowest BCUT2D eigenvalue weighted by Gasteiger charge is -2.41. The Kier molecular flexibility index (Phi) is 3.43. The molecule has 1 aliphatic carbocycles. The number of rotatable bonds is 4. The van der Waals surface area contributed by atoms with E-state index in [-0.39, 0.29) is 17.1 Å². The van der Waals surface area contributed by atoms with E-state index in [1.165, 1.54) is 0 Å². The van der Waals surface area contributed by atoms with Gasteiger partial charge in [-0.15, -0.1) is 11.6 Å². The van der Waals surface area contributed by atoms with Crippen LogP contribution in [-0.2, 0) is 0 Å². The van der Waals surface area contributed by atoms with E-state index in [1.807, 2.05) is 13.8 Å². The highest BCUT2D eigenvalue weighted by Crippen LogP contribution is 2.35. The van der Waals surface area contributed by atoms with Crippen LogP contribution < -0.4 is 10.9 Å². The first kappa shape index (κ1) is 12.4. The Morgan fingerprint density at radius 1 is 1.59 bits per heavy atom. The molecule has 1 fully saturated rings. The molecule has 0 bridgehead atoms. The number of nitrogens with one attached hydrogen (secondary N) is 1. The summed E-state index contributed by atoms with van der Waals surface area (Å²) in [6, 6.07) is 0.138. The molecule has 0 unspecified atom stereocenters. The molecular formula is C12H18ClN3O. The molecule has 0 aromatic carbocycles. The molecule has 5 heteroatoms. The summed E-state index contributed by atoms with van der Waals surface area (Å²) in [6.07, 6.45) is 6.55. The number of alkyl halides is 1. The molecule has 1 N–H and O–H groups in total. The fourth-order valence-electron chi connectivity index (χ4n) is 2.06. The molecule has 1 aromatic heterocycles. The van der Waals surface area contributed by atoms with Gasteiger partial charge >= 0.3 is 0 Å². The third kappa shape index (κ3) is 2.32. The van der Waals surface area contributed by atoms with Crippen molar-refractivity contribution in [1.82, 2.24) is 9.55 Å². The third-order valence-electron chi connectivity index (χ3n) is 3.37. The number of hydrogen-bond acceptors (Lipinski definition) is 3. The molecule has 0 spiro atoms. The lowest BCUT2D eigenvalue weighted by atomic mass is 9.78. The van der Waals surface area contributed by atoms with Crippen molar-refractivity contribution >= 4 is 17.4 Å². The molecule has 1 saturated carbocycles. The Morgan fingerprint density at radius 3 is 2.76 bits per heavy atom. The lowest BCUT2D eigenvalue weighted by Crippen LogP contribution is -2.48. The van der Waals surface area contributed by atoms with Crippen molar-refractivity contribution in [3.8, 4) is 0 Å². The smallest absolute Gasteiger partial charge is 0.293 e. The molecule has 1 aromatic rings. The number of halogens is 1. The highest BCUT2D eigenvalue weighted by Gasteiger charge is 2.37. The van der Waals surface area contributed by atoms with E-state index in [4.69, 9.17) is 11.6 Å². The Hall–Kier alpha value is -1.03. The van der Waals surface area contributed by atoms with E-state index in [9.17, 15) is 4.79 Å². The van der Waals surface area contributed by atoms with Crippen molar-refractivity contribution in [3.63, 3.8) is 0 Å². The standard InChI is InChI=1S/C12H18ClN3O/c1-9(2)16-7-6-14-10(11(16)17)15-12(8-13)4-3-5-12/h6-7,9H,3-5,8H2,1-2H3,(H,14,15). The van der Waals surface area contributed by atoms with Crippen LogP contribution in [0.1, 0.15) is 39.2 Å². The molecule has 17 heavy (non-hydrogen) atoms. The first-order chi connectivity index (χ1) is 8.08. The molecule has 4 nitrogen and oxygen atoms in total. The van der Waals surface area contributed by atoms with Crippen LogP contribution in [0.15, 0.2) is 17.2 Å². The van der Waals surface area contributed by atoms with Crippen molar-refractivity contribution in [2.75, 3.05) is 11.2 Å². The minimum absolute atomic E-state index is 0.0705. The second-order valence-corrected chi connectivity index (χ2v) is 5.24. The average Bonchev–Trinajstić information content (AvgIpc) is 2.25. The van der Waals surface area contributed by atoms with Crippen LogP contribution in [-0.4, -0.2) is 21.0 Å². The number of hydrogen-bond donors (Lipinski definition) is 1. The summed E-state index contributed by atoms with van der Waals surface area (Å²) >= 11 is 5.97. The van der Waals surface area contributed by atoms with Gasteiger partial charge in [0.25, 0.3) is 5.56 Å². The van der Waals surface area contributed by atoms with E-state index >= 15 is 0 Å². The molecular weight excluding hydrogens is 238 g/mol. The van der Waals surface area contributed by atoms with Crippen LogP contribution in [0.25, 0.3) is 0 Å². The van der Waals surface area contributed by atoms with Crippen LogP contribution in [0.4, 0.5) is 5.82 Å². The van der Waals surface area contributed by atoms with Gasteiger partial charge in [-0.3, -0.25) is 4.79 Å². The molecule has 0 aliphatic heterocycles. The van der Waals surface area contributed by atoms with Gasteiger partial charge in [0.2, 0.25) is 0 Å². The first-order valence-corrected chi connectivity index (χ1v) is 6.53. The Morgan fingerprint density at radius 2 is 2.29 bits per heavy atom. The van der Waals surface area contributed by atoms with Gasteiger partial charge in [0.15, 0.2) is 5.82 Å². The maximum atomic E-state index is 12.1. The van der Waals surface area contributed by atoms with Gasteiger partial charge in [-0.25, -0.2) is 4.98 Å². The maximum Gasteiger partial charge on any atom is 0.293 e. The van der Waals surface area contributed by atoms with Crippen molar-refractivity contribution in [1.29, 1.82) is 0 Å². The molecule has 1 heterocycles. The van der Waals surface area contributed by atoms with Crippen LogP contribution in [0.3, 0.4) is 0 Å². The van der Waals surface area contributed by atoms with Crippen LogP contribution in [0.5, 0.6) is 0 Å². The zero-order chi connectivity index (χ0) is 12.5. The van der Waals surface area contributed by atoms with Gasteiger partial charge in [0, 0.05) is 24.3 Å². The monoisotopic (exact) mass is 255 g/mol. The quantitative estimate of drug-likeness (QED) is 0.841. The Labute approximate surface area is 106 Å². The molecule has 0 saturated heterocycles. The van der Waals surface area contributed by atoms with Crippen LogP contribution in [0, 0.1) is 0 Å². The fourth-order valence-corrected chi connectivity index (χ4v) is 2.40. The van der Waals surface area contributed by atoms with Gasteiger partial charge in [-0.05, 0) is 33.1 Å². The SMILES string of the molecule is CC(C)n1ccnc(NC2(CCl)CCC2)c1=O. The summed E-state index contributed by atoms with van der Waals surface area (Å²) in [5, 5.41) is 3.23. The summed E-state index contributed by atoms with van der Waals surface area (Å²) in [6.45, 7) is 3.96. The lowest BCUT2D eigenvalue weighted by molar-refractivity contribution is 0.309. The Bertz CT molecular complexity index is 446. The highest BCUT2D eigenvalue weighted by atomic mass is 35.5. The van der Waals surface area contributed by atoms with Crippen LogP contribution in [0.2, 0.25) is 0 Å². The van der Waals surface area contributed by atoms with E-state index in [0.717, 1.165) is 19.3 Å². The molecule has 1 aliphatic rings. The van der Waals surface area contributed by atoms with Gasteiger partial charge in [0.05, 0.1) is 5.54 Å². The minimum atomic E-state index is -0.121. The van der Waals surface area contributed by atoms with Crippen molar-refractivity contribution in [2.24, 2.45) is 0 Å². The maximum absolute atomic E-state index is 12.1. The number of nitrogens with zero attached hydrogens (tertiary/aromatic N) is 2. The van der Waals surface area contributed by atoms with E-state index in [1.54, 1.807) is 17.0 Å².